The molecule has 2 heterocycles. The highest BCUT2D eigenvalue weighted by Crippen LogP contribution is 2.23. The summed E-state index contributed by atoms with van der Waals surface area (Å²) in [5.74, 6) is 0.592. The molecule has 0 radical (unpaired) electrons. The number of fused-ring (bicyclic) bond motifs is 1. The fraction of sp³-hybridized carbons (Fsp3) is 0.231. The summed E-state index contributed by atoms with van der Waals surface area (Å²) in [4.78, 5) is 21.0. The maximum absolute atomic E-state index is 12.1. The number of rotatable bonds is 3. The van der Waals surface area contributed by atoms with Gasteiger partial charge < -0.3 is 9.88 Å². The van der Waals surface area contributed by atoms with E-state index in [4.69, 9.17) is 0 Å². The van der Waals surface area contributed by atoms with E-state index in [1.165, 1.54) is 22.9 Å². The third-order valence-electron chi connectivity index (χ3n) is 3.00. The van der Waals surface area contributed by atoms with Crippen LogP contribution >= 0.6 is 11.8 Å². The Morgan fingerprint density at radius 3 is 2.67 bits per heavy atom. The van der Waals surface area contributed by atoms with Gasteiger partial charge in [-0.15, -0.1) is 0 Å². The number of hydrogen-bond donors (Lipinski definition) is 1. The molecule has 4 nitrogen and oxygen atoms in total. The number of benzene rings is 1. The van der Waals surface area contributed by atoms with Crippen LogP contribution in [0.5, 0.6) is 0 Å². The van der Waals surface area contributed by atoms with Crippen LogP contribution in [0, 0.1) is 0 Å². The van der Waals surface area contributed by atoms with Crippen LogP contribution in [0.3, 0.4) is 0 Å². The van der Waals surface area contributed by atoms with Gasteiger partial charge in [0.25, 0.3) is 0 Å². The highest BCUT2D eigenvalue weighted by atomic mass is 32.2. The first kappa shape index (κ1) is 11.3. The van der Waals surface area contributed by atoms with Crippen molar-refractivity contribution in [3.63, 3.8) is 0 Å². The van der Waals surface area contributed by atoms with Crippen LogP contribution < -0.4 is 0 Å². The molecule has 92 valence electrons. The van der Waals surface area contributed by atoms with Crippen molar-refractivity contribution in [1.29, 1.82) is 0 Å². The van der Waals surface area contributed by atoms with Crippen LogP contribution in [-0.4, -0.2) is 26.5 Å². The Kier molecular flexibility index (Phi) is 3.06. The summed E-state index contributed by atoms with van der Waals surface area (Å²) >= 11 is 1.44. The number of nitrogens with one attached hydrogen (secondary N) is 1. The Morgan fingerprint density at radius 1 is 1.33 bits per heavy atom. The molecule has 0 saturated heterocycles. The van der Waals surface area contributed by atoms with Crippen LogP contribution in [-0.2, 0) is 17.9 Å². The first-order valence-corrected chi connectivity index (χ1v) is 6.78. The molecular formula is C13H13N3OS. The standard InChI is InChI=1S/C13H13N3OS/c17-12(9-18-13-14-5-6-15-13)16-7-10-3-1-2-4-11(10)8-16/h1-6H,7-9H2,(H,14,15). The lowest BCUT2D eigenvalue weighted by Gasteiger charge is -2.14. The molecule has 2 aromatic rings. The van der Waals surface area contributed by atoms with Crippen LogP contribution in [0.2, 0.25) is 0 Å². The van der Waals surface area contributed by atoms with Crippen molar-refractivity contribution in [1.82, 2.24) is 14.9 Å². The van der Waals surface area contributed by atoms with E-state index in [0.717, 1.165) is 18.2 Å². The molecule has 0 aliphatic carbocycles. The summed E-state index contributed by atoms with van der Waals surface area (Å²) in [6.07, 6.45) is 3.46. The van der Waals surface area contributed by atoms with Crippen molar-refractivity contribution in [3.05, 3.63) is 47.8 Å². The van der Waals surface area contributed by atoms with Crippen molar-refractivity contribution >= 4 is 17.7 Å². The lowest BCUT2D eigenvalue weighted by molar-refractivity contribution is -0.128. The number of amides is 1. The first-order chi connectivity index (χ1) is 8.83. The molecule has 0 bridgehead atoms. The van der Waals surface area contributed by atoms with E-state index in [0.29, 0.717) is 5.75 Å². The summed E-state index contributed by atoms with van der Waals surface area (Å²) in [5.41, 5.74) is 2.52. The van der Waals surface area contributed by atoms with E-state index >= 15 is 0 Å². The Labute approximate surface area is 109 Å². The molecule has 0 unspecified atom stereocenters. The fourth-order valence-electron chi connectivity index (χ4n) is 2.06. The molecule has 0 fully saturated rings. The number of thioether (sulfide) groups is 1. The highest BCUT2D eigenvalue weighted by molar-refractivity contribution is 7.99. The number of aromatic amines is 1. The average molecular weight is 259 g/mol. The Morgan fingerprint density at radius 2 is 2.06 bits per heavy atom. The number of nitrogens with zero attached hydrogens (tertiary/aromatic N) is 2. The third kappa shape index (κ3) is 2.26. The quantitative estimate of drug-likeness (QED) is 0.858. The highest BCUT2D eigenvalue weighted by Gasteiger charge is 2.22. The first-order valence-electron chi connectivity index (χ1n) is 5.79. The van der Waals surface area contributed by atoms with Gasteiger partial charge in [0.1, 0.15) is 0 Å². The van der Waals surface area contributed by atoms with Crippen molar-refractivity contribution in [2.24, 2.45) is 0 Å². The molecular weight excluding hydrogens is 246 g/mol. The molecule has 0 atom stereocenters. The molecule has 5 heteroatoms. The maximum atomic E-state index is 12.1. The van der Waals surface area contributed by atoms with E-state index in [-0.39, 0.29) is 5.91 Å². The van der Waals surface area contributed by atoms with Gasteiger partial charge in [0, 0.05) is 25.5 Å². The Hall–Kier alpha value is -1.75. The van der Waals surface area contributed by atoms with Crippen LogP contribution in [0.1, 0.15) is 11.1 Å². The van der Waals surface area contributed by atoms with Gasteiger partial charge in [0.15, 0.2) is 5.16 Å². The minimum Gasteiger partial charge on any atom is -0.340 e. The lowest BCUT2D eigenvalue weighted by atomic mass is 10.1. The van der Waals surface area contributed by atoms with Crippen LogP contribution in [0.25, 0.3) is 0 Å². The van der Waals surface area contributed by atoms with Gasteiger partial charge >= 0.3 is 0 Å². The molecule has 1 amide bonds. The lowest BCUT2D eigenvalue weighted by Crippen LogP contribution is -2.26. The minimum atomic E-state index is 0.160. The fourth-order valence-corrected chi connectivity index (χ4v) is 2.79. The number of carbonyl (C=O) groups is 1. The monoisotopic (exact) mass is 259 g/mol. The summed E-state index contributed by atoms with van der Waals surface area (Å²) in [7, 11) is 0. The average Bonchev–Trinajstić information content (AvgIpc) is 3.04. The zero-order chi connectivity index (χ0) is 12.4. The Bertz CT molecular complexity index is 528. The number of carbonyl (C=O) groups excluding carboxylic acids is 1. The molecule has 1 N–H and O–H groups in total. The predicted octanol–water partition coefficient (Wildman–Crippen LogP) is 2.04. The summed E-state index contributed by atoms with van der Waals surface area (Å²) in [5, 5.41) is 0.792. The van der Waals surface area contributed by atoms with Crippen molar-refractivity contribution in [2.75, 3.05) is 5.75 Å². The number of hydrogen-bond acceptors (Lipinski definition) is 3. The van der Waals surface area contributed by atoms with Crippen molar-refractivity contribution < 1.29 is 4.79 Å². The topological polar surface area (TPSA) is 49.0 Å². The summed E-state index contributed by atoms with van der Waals surface area (Å²) in [6, 6.07) is 8.21. The molecule has 1 aliphatic rings. The largest absolute Gasteiger partial charge is 0.340 e. The molecule has 1 aromatic heterocycles. The van der Waals surface area contributed by atoms with E-state index in [2.05, 4.69) is 22.1 Å². The molecule has 1 aromatic carbocycles. The number of imidazole rings is 1. The SMILES string of the molecule is O=C(CSc1ncc[nH]1)N1Cc2ccccc2C1. The second-order valence-corrected chi connectivity index (χ2v) is 5.17. The molecule has 1 aliphatic heterocycles. The van der Waals surface area contributed by atoms with Gasteiger partial charge in [0.2, 0.25) is 5.91 Å². The minimum absolute atomic E-state index is 0.160. The van der Waals surface area contributed by atoms with Gasteiger partial charge in [-0.25, -0.2) is 4.98 Å². The molecule has 0 spiro atoms. The third-order valence-corrected chi connectivity index (χ3v) is 3.89. The van der Waals surface area contributed by atoms with Gasteiger partial charge in [0.05, 0.1) is 5.75 Å². The van der Waals surface area contributed by atoms with E-state index < -0.39 is 0 Å². The van der Waals surface area contributed by atoms with E-state index in [1.54, 1.807) is 12.4 Å². The van der Waals surface area contributed by atoms with Gasteiger partial charge in [-0.2, -0.15) is 0 Å². The normalized spacial score (nSPS) is 13.7. The zero-order valence-corrected chi connectivity index (χ0v) is 10.6. The van der Waals surface area contributed by atoms with Crippen LogP contribution in [0.15, 0.2) is 41.8 Å². The van der Waals surface area contributed by atoms with Crippen molar-refractivity contribution in [3.8, 4) is 0 Å². The van der Waals surface area contributed by atoms with Crippen LogP contribution in [0.4, 0.5) is 0 Å². The number of aromatic nitrogens is 2. The predicted molar refractivity (Wildman–Crippen MR) is 70.0 cm³/mol. The Balaban J connectivity index is 1.59. The smallest absolute Gasteiger partial charge is 0.233 e. The van der Waals surface area contributed by atoms with E-state index in [9.17, 15) is 4.79 Å². The van der Waals surface area contributed by atoms with Gasteiger partial charge in [-0.3, -0.25) is 4.79 Å². The van der Waals surface area contributed by atoms with Gasteiger partial charge in [-0.05, 0) is 11.1 Å². The summed E-state index contributed by atoms with van der Waals surface area (Å²) in [6.45, 7) is 1.46. The second-order valence-electron chi connectivity index (χ2n) is 4.20. The van der Waals surface area contributed by atoms with Crippen molar-refractivity contribution in [2.45, 2.75) is 18.2 Å². The maximum Gasteiger partial charge on any atom is 0.233 e. The second kappa shape index (κ2) is 4.86. The molecule has 18 heavy (non-hydrogen) atoms. The molecule has 3 rings (SSSR count). The summed E-state index contributed by atoms with van der Waals surface area (Å²) < 4.78 is 0. The zero-order valence-electron chi connectivity index (χ0n) is 9.80. The number of H-pyrrole nitrogens is 1. The van der Waals surface area contributed by atoms with Gasteiger partial charge in [-0.1, -0.05) is 36.0 Å². The molecule has 0 saturated carbocycles. The van der Waals surface area contributed by atoms with E-state index in [1.807, 2.05) is 17.0 Å².